The number of aromatic carboxylic acids is 1. The van der Waals surface area contributed by atoms with Crippen molar-refractivity contribution in [2.24, 2.45) is 0 Å². The molecule has 8 heteroatoms. The second kappa shape index (κ2) is 5.89. The highest BCUT2D eigenvalue weighted by atomic mass is 19.2. The number of hydrogen-bond acceptors (Lipinski definition) is 3. The minimum atomic E-state index is -1.60. The van der Waals surface area contributed by atoms with E-state index in [0.717, 1.165) is 0 Å². The molecule has 0 fully saturated rings. The summed E-state index contributed by atoms with van der Waals surface area (Å²) in [6.45, 7) is -0.258. The average molecular weight is 273 g/mol. The number of nitrogens with one attached hydrogen (secondary N) is 1. The van der Waals surface area contributed by atoms with Crippen molar-refractivity contribution in [2.75, 3.05) is 6.54 Å². The van der Waals surface area contributed by atoms with Gasteiger partial charge in [-0.1, -0.05) is 0 Å². The number of hydrogen-bond donors (Lipinski definition) is 3. The van der Waals surface area contributed by atoms with Crippen molar-refractivity contribution < 1.29 is 33.4 Å². The van der Waals surface area contributed by atoms with Crippen LogP contribution in [0.4, 0.5) is 8.78 Å². The zero-order chi connectivity index (χ0) is 14.6. The number of carboxylic acid groups (broad SMARTS) is 2. The quantitative estimate of drug-likeness (QED) is 0.738. The van der Waals surface area contributed by atoms with E-state index in [4.69, 9.17) is 10.2 Å². The molecule has 0 aliphatic carbocycles. The topological polar surface area (TPSA) is 104 Å². The number of benzene rings is 1. The van der Waals surface area contributed by atoms with E-state index in [-0.39, 0.29) is 13.0 Å². The van der Waals surface area contributed by atoms with Crippen molar-refractivity contribution in [1.82, 2.24) is 5.32 Å². The standard InChI is InChI=1S/C11H9F2NO5/c12-7-3-5(6(11(18)19)4-8(7)13)10(17)14-2-1-9(15)16/h3-4H,1-2H2,(H,14,17)(H,15,16)(H,18,19). The molecular weight excluding hydrogens is 264 g/mol. The summed E-state index contributed by atoms with van der Waals surface area (Å²) >= 11 is 0. The maximum atomic E-state index is 13.0. The maximum Gasteiger partial charge on any atom is 0.336 e. The summed E-state index contributed by atoms with van der Waals surface area (Å²) in [4.78, 5) is 32.6. The van der Waals surface area contributed by atoms with Gasteiger partial charge in [-0.2, -0.15) is 0 Å². The monoisotopic (exact) mass is 273 g/mol. The summed E-state index contributed by atoms with van der Waals surface area (Å²) in [6, 6.07) is 0.846. The molecule has 0 heterocycles. The largest absolute Gasteiger partial charge is 0.481 e. The van der Waals surface area contributed by atoms with E-state index < -0.39 is 40.6 Å². The van der Waals surface area contributed by atoms with Crippen LogP contribution in [0.2, 0.25) is 0 Å². The summed E-state index contributed by atoms with van der Waals surface area (Å²) < 4.78 is 25.9. The predicted molar refractivity (Wildman–Crippen MR) is 57.9 cm³/mol. The van der Waals surface area contributed by atoms with E-state index in [2.05, 4.69) is 5.32 Å². The fraction of sp³-hybridized carbons (Fsp3) is 0.182. The summed E-state index contributed by atoms with van der Waals surface area (Å²) in [6.07, 6.45) is -0.377. The van der Waals surface area contributed by atoms with Crippen LogP contribution in [-0.2, 0) is 4.79 Å². The summed E-state index contributed by atoms with van der Waals surface area (Å²) in [5.74, 6) is -6.50. The van der Waals surface area contributed by atoms with Crippen LogP contribution in [0, 0.1) is 11.6 Å². The molecular formula is C11H9F2NO5. The first-order chi connectivity index (χ1) is 8.82. The van der Waals surface area contributed by atoms with Gasteiger partial charge in [0.1, 0.15) is 0 Å². The van der Waals surface area contributed by atoms with Crippen LogP contribution in [0.5, 0.6) is 0 Å². The molecule has 0 unspecified atom stereocenters. The number of rotatable bonds is 5. The van der Waals surface area contributed by atoms with E-state index in [1.54, 1.807) is 0 Å². The Labute approximate surface area is 105 Å². The van der Waals surface area contributed by atoms with Gasteiger partial charge in [0, 0.05) is 6.54 Å². The third kappa shape index (κ3) is 3.73. The Morgan fingerprint density at radius 2 is 1.58 bits per heavy atom. The number of carboxylic acids is 2. The first-order valence-electron chi connectivity index (χ1n) is 5.05. The molecule has 0 aliphatic rings. The molecule has 6 nitrogen and oxygen atoms in total. The fourth-order valence-electron chi connectivity index (χ4n) is 1.29. The van der Waals surface area contributed by atoms with Crippen molar-refractivity contribution >= 4 is 17.8 Å². The molecule has 1 aromatic carbocycles. The summed E-state index contributed by atoms with van der Waals surface area (Å²) in [5, 5.41) is 19.2. The molecule has 0 aliphatic heterocycles. The number of aliphatic carboxylic acids is 1. The number of halogens is 2. The second-order valence-electron chi connectivity index (χ2n) is 3.52. The van der Waals surface area contributed by atoms with Crippen LogP contribution in [0.1, 0.15) is 27.1 Å². The first kappa shape index (κ1) is 14.6. The smallest absolute Gasteiger partial charge is 0.336 e. The number of carbonyl (C=O) groups is 3. The van der Waals surface area contributed by atoms with Gasteiger partial charge < -0.3 is 15.5 Å². The molecule has 0 saturated heterocycles. The third-order valence-electron chi connectivity index (χ3n) is 2.16. The lowest BCUT2D eigenvalue weighted by molar-refractivity contribution is -0.136. The summed E-state index contributed by atoms with van der Waals surface area (Å²) in [5.41, 5.74) is -1.27. The molecule has 0 atom stereocenters. The van der Waals surface area contributed by atoms with Crippen molar-refractivity contribution in [3.05, 3.63) is 34.9 Å². The molecule has 3 N–H and O–H groups in total. The zero-order valence-corrected chi connectivity index (χ0v) is 9.44. The molecule has 0 saturated carbocycles. The summed E-state index contributed by atoms with van der Waals surface area (Å²) in [7, 11) is 0. The van der Waals surface area contributed by atoms with Crippen LogP contribution < -0.4 is 5.32 Å². The Hall–Kier alpha value is -2.51. The molecule has 0 bridgehead atoms. The molecule has 1 amide bonds. The second-order valence-corrected chi connectivity index (χ2v) is 3.52. The predicted octanol–water partition coefficient (Wildman–Crippen LogP) is 0.868. The van der Waals surface area contributed by atoms with Gasteiger partial charge in [-0.05, 0) is 12.1 Å². The van der Waals surface area contributed by atoms with Crippen molar-refractivity contribution in [1.29, 1.82) is 0 Å². The Kier molecular flexibility index (Phi) is 4.51. The van der Waals surface area contributed by atoms with E-state index in [1.807, 2.05) is 0 Å². The van der Waals surface area contributed by atoms with Gasteiger partial charge in [0.25, 0.3) is 5.91 Å². The molecule has 19 heavy (non-hydrogen) atoms. The highest BCUT2D eigenvalue weighted by molar-refractivity contribution is 6.04. The molecule has 1 aromatic rings. The molecule has 102 valence electrons. The molecule has 1 rings (SSSR count). The van der Waals surface area contributed by atoms with Crippen molar-refractivity contribution in [2.45, 2.75) is 6.42 Å². The van der Waals surface area contributed by atoms with Gasteiger partial charge in [-0.15, -0.1) is 0 Å². The van der Waals surface area contributed by atoms with Crippen molar-refractivity contribution in [3.63, 3.8) is 0 Å². The van der Waals surface area contributed by atoms with Crippen LogP contribution in [0.15, 0.2) is 12.1 Å². The normalized spacial score (nSPS) is 10.0. The fourth-order valence-corrected chi connectivity index (χ4v) is 1.29. The molecule has 0 radical (unpaired) electrons. The average Bonchev–Trinajstić information content (AvgIpc) is 2.31. The van der Waals surface area contributed by atoms with Gasteiger partial charge in [-0.25, -0.2) is 13.6 Å². The number of amides is 1. The van der Waals surface area contributed by atoms with E-state index in [9.17, 15) is 23.2 Å². The highest BCUT2D eigenvalue weighted by Gasteiger charge is 2.20. The van der Waals surface area contributed by atoms with Gasteiger partial charge >= 0.3 is 11.9 Å². The maximum absolute atomic E-state index is 13.0. The lowest BCUT2D eigenvalue weighted by atomic mass is 10.1. The molecule has 0 spiro atoms. The van der Waals surface area contributed by atoms with Gasteiger partial charge in [0.2, 0.25) is 0 Å². The minimum absolute atomic E-state index is 0.258. The van der Waals surface area contributed by atoms with E-state index in [0.29, 0.717) is 12.1 Å². The van der Waals surface area contributed by atoms with Crippen LogP contribution >= 0.6 is 0 Å². The van der Waals surface area contributed by atoms with Crippen LogP contribution in [-0.4, -0.2) is 34.6 Å². The molecule has 0 aromatic heterocycles. The Bertz CT molecular complexity index is 544. The van der Waals surface area contributed by atoms with E-state index >= 15 is 0 Å². The van der Waals surface area contributed by atoms with Crippen LogP contribution in [0.3, 0.4) is 0 Å². The Morgan fingerprint density at radius 3 is 2.05 bits per heavy atom. The van der Waals surface area contributed by atoms with Gasteiger partial charge in [0.15, 0.2) is 11.6 Å². The Morgan fingerprint density at radius 1 is 1.05 bits per heavy atom. The van der Waals surface area contributed by atoms with Crippen molar-refractivity contribution in [3.8, 4) is 0 Å². The first-order valence-corrected chi connectivity index (χ1v) is 5.05. The SMILES string of the molecule is O=C(O)CCNC(=O)c1cc(F)c(F)cc1C(=O)O. The van der Waals surface area contributed by atoms with Gasteiger partial charge in [0.05, 0.1) is 17.5 Å². The third-order valence-corrected chi connectivity index (χ3v) is 2.16. The van der Waals surface area contributed by atoms with Crippen LogP contribution in [0.25, 0.3) is 0 Å². The van der Waals surface area contributed by atoms with Gasteiger partial charge in [-0.3, -0.25) is 9.59 Å². The Balaban J connectivity index is 2.98. The van der Waals surface area contributed by atoms with E-state index in [1.165, 1.54) is 0 Å². The highest BCUT2D eigenvalue weighted by Crippen LogP contribution is 2.15. The minimum Gasteiger partial charge on any atom is -0.481 e. The zero-order valence-electron chi connectivity index (χ0n) is 9.44. The lowest BCUT2D eigenvalue weighted by Gasteiger charge is -2.07. The number of carbonyl (C=O) groups excluding carboxylic acids is 1. The lowest BCUT2D eigenvalue weighted by Crippen LogP contribution is -2.28.